The summed E-state index contributed by atoms with van der Waals surface area (Å²) >= 11 is 12.1. The zero-order valence-corrected chi connectivity index (χ0v) is 11.9. The third-order valence-corrected chi connectivity index (χ3v) is 3.36. The van der Waals surface area contributed by atoms with Crippen molar-refractivity contribution in [1.29, 1.82) is 0 Å². The Hall–Kier alpha value is -1.03. The lowest BCUT2D eigenvalue weighted by molar-refractivity contribution is 0.679. The van der Waals surface area contributed by atoms with E-state index in [0.29, 0.717) is 16.6 Å². The Bertz CT molecular complexity index is 549. The Labute approximate surface area is 117 Å². The van der Waals surface area contributed by atoms with E-state index < -0.39 is 0 Å². The number of nitrogens with one attached hydrogen (secondary N) is 1. The molecule has 0 radical (unpaired) electrons. The van der Waals surface area contributed by atoms with Gasteiger partial charge in [0.05, 0.1) is 12.2 Å². The molecule has 2 rings (SSSR count). The van der Waals surface area contributed by atoms with Crippen molar-refractivity contribution in [3.63, 3.8) is 0 Å². The topological polar surface area (TPSA) is 29.9 Å². The molecule has 18 heavy (non-hydrogen) atoms. The number of aromatic nitrogens is 2. The van der Waals surface area contributed by atoms with Crippen LogP contribution in [0.3, 0.4) is 0 Å². The second-order valence-electron chi connectivity index (χ2n) is 4.20. The minimum absolute atomic E-state index is 0.629. The SMILES string of the molecule is CNCc1cn(Cc2cc(Cl)ccc2Cl)nc1C. The van der Waals surface area contributed by atoms with Gasteiger partial charge in [-0.1, -0.05) is 23.2 Å². The fourth-order valence-electron chi connectivity index (χ4n) is 1.84. The van der Waals surface area contributed by atoms with Gasteiger partial charge in [0.1, 0.15) is 0 Å². The molecule has 0 aliphatic rings. The minimum atomic E-state index is 0.629. The van der Waals surface area contributed by atoms with E-state index in [4.69, 9.17) is 23.2 Å². The molecule has 0 spiro atoms. The van der Waals surface area contributed by atoms with Gasteiger partial charge in [0.25, 0.3) is 0 Å². The number of halogens is 2. The van der Waals surface area contributed by atoms with E-state index in [0.717, 1.165) is 17.8 Å². The Morgan fingerprint density at radius 1 is 1.28 bits per heavy atom. The first-order valence-electron chi connectivity index (χ1n) is 5.71. The molecule has 0 unspecified atom stereocenters. The lowest BCUT2D eigenvalue weighted by Crippen LogP contribution is -2.05. The van der Waals surface area contributed by atoms with Gasteiger partial charge >= 0.3 is 0 Å². The zero-order chi connectivity index (χ0) is 13.1. The first-order chi connectivity index (χ1) is 8.60. The van der Waals surface area contributed by atoms with Crippen molar-refractivity contribution in [2.24, 2.45) is 0 Å². The highest BCUT2D eigenvalue weighted by Gasteiger charge is 2.07. The van der Waals surface area contributed by atoms with Gasteiger partial charge in [-0.3, -0.25) is 4.68 Å². The molecule has 5 heteroatoms. The third kappa shape index (κ3) is 3.05. The van der Waals surface area contributed by atoms with Crippen LogP contribution in [0.1, 0.15) is 16.8 Å². The van der Waals surface area contributed by atoms with Gasteiger partial charge in [-0.15, -0.1) is 0 Å². The van der Waals surface area contributed by atoms with Crippen LogP contribution in [-0.4, -0.2) is 16.8 Å². The van der Waals surface area contributed by atoms with Gasteiger partial charge in [-0.2, -0.15) is 5.10 Å². The van der Waals surface area contributed by atoms with Gasteiger partial charge in [0.15, 0.2) is 0 Å². The lowest BCUT2D eigenvalue weighted by Gasteiger charge is -2.05. The second kappa shape index (κ2) is 5.74. The summed E-state index contributed by atoms with van der Waals surface area (Å²) in [6.07, 6.45) is 2.03. The van der Waals surface area contributed by atoms with E-state index in [2.05, 4.69) is 10.4 Å². The van der Waals surface area contributed by atoms with E-state index in [1.165, 1.54) is 5.56 Å². The average Bonchev–Trinajstić information content (AvgIpc) is 2.65. The van der Waals surface area contributed by atoms with Crippen molar-refractivity contribution >= 4 is 23.2 Å². The van der Waals surface area contributed by atoms with Crippen LogP contribution >= 0.6 is 23.2 Å². The molecule has 0 aliphatic carbocycles. The van der Waals surface area contributed by atoms with Crippen molar-refractivity contribution < 1.29 is 0 Å². The van der Waals surface area contributed by atoms with Crippen molar-refractivity contribution in [1.82, 2.24) is 15.1 Å². The van der Waals surface area contributed by atoms with Crippen molar-refractivity contribution in [3.05, 3.63) is 51.3 Å². The molecule has 96 valence electrons. The predicted molar refractivity (Wildman–Crippen MR) is 75.3 cm³/mol. The Kier molecular flexibility index (Phi) is 4.27. The number of hydrogen-bond donors (Lipinski definition) is 1. The molecule has 0 saturated heterocycles. The highest BCUT2D eigenvalue weighted by molar-refractivity contribution is 6.33. The molecule has 0 saturated carbocycles. The van der Waals surface area contributed by atoms with Crippen LogP contribution < -0.4 is 5.32 Å². The maximum Gasteiger partial charge on any atom is 0.0674 e. The summed E-state index contributed by atoms with van der Waals surface area (Å²) < 4.78 is 1.89. The number of hydrogen-bond acceptors (Lipinski definition) is 2. The predicted octanol–water partition coefficient (Wildman–Crippen LogP) is 3.27. The molecule has 1 aromatic heterocycles. The zero-order valence-electron chi connectivity index (χ0n) is 10.4. The van der Waals surface area contributed by atoms with Crippen molar-refractivity contribution in [3.8, 4) is 0 Å². The van der Waals surface area contributed by atoms with E-state index in [9.17, 15) is 0 Å². The molecule has 0 bridgehead atoms. The molecule has 0 aliphatic heterocycles. The van der Waals surface area contributed by atoms with Crippen LogP contribution in [0.5, 0.6) is 0 Å². The van der Waals surface area contributed by atoms with Gasteiger partial charge in [0.2, 0.25) is 0 Å². The highest BCUT2D eigenvalue weighted by Crippen LogP contribution is 2.21. The molecule has 0 amide bonds. The molecule has 2 aromatic rings. The van der Waals surface area contributed by atoms with Gasteiger partial charge in [-0.25, -0.2) is 0 Å². The van der Waals surface area contributed by atoms with Crippen LogP contribution in [0, 0.1) is 6.92 Å². The van der Waals surface area contributed by atoms with Crippen molar-refractivity contribution in [2.45, 2.75) is 20.0 Å². The number of aryl methyl sites for hydroxylation is 1. The fourth-order valence-corrected chi connectivity index (χ4v) is 2.22. The van der Waals surface area contributed by atoms with Gasteiger partial charge < -0.3 is 5.32 Å². The fraction of sp³-hybridized carbons (Fsp3) is 0.308. The van der Waals surface area contributed by atoms with E-state index >= 15 is 0 Å². The summed E-state index contributed by atoms with van der Waals surface area (Å²) in [6.45, 7) is 3.45. The molecule has 0 atom stereocenters. The Morgan fingerprint density at radius 2 is 2.06 bits per heavy atom. The highest BCUT2D eigenvalue weighted by atomic mass is 35.5. The molecule has 1 N–H and O–H groups in total. The summed E-state index contributed by atoms with van der Waals surface area (Å²) in [5.74, 6) is 0. The van der Waals surface area contributed by atoms with E-state index in [1.54, 1.807) is 6.07 Å². The second-order valence-corrected chi connectivity index (χ2v) is 5.05. The standard InChI is InChI=1S/C13H15Cl2N3/c1-9-11(6-16-2)8-18(17-9)7-10-5-12(14)3-4-13(10)15/h3-5,8,16H,6-7H2,1-2H3. The van der Waals surface area contributed by atoms with Gasteiger partial charge in [-0.05, 0) is 37.7 Å². The molecule has 0 fully saturated rings. The largest absolute Gasteiger partial charge is 0.316 e. The summed E-state index contributed by atoms with van der Waals surface area (Å²) in [5.41, 5.74) is 3.20. The van der Waals surface area contributed by atoms with Crippen LogP contribution in [0.2, 0.25) is 10.0 Å². The van der Waals surface area contributed by atoms with Crippen molar-refractivity contribution in [2.75, 3.05) is 7.05 Å². The summed E-state index contributed by atoms with van der Waals surface area (Å²) in [4.78, 5) is 0. The lowest BCUT2D eigenvalue weighted by atomic mass is 10.2. The maximum atomic E-state index is 6.14. The maximum absolute atomic E-state index is 6.14. The first kappa shape index (κ1) is 13.4. The minimum Gasteiger partial charge on any atom is -0.316 e. The molecule has 1 heterocycles. The van der Waals surface area contributed by atoms with Crippen LogP contribution in [0.25, 0.3) is 0 Å². The normalized spacial score (nSPS) is 10.9. The summed E-state index contributed by atoms with van der Waals surface area (Å²) in [7, 11) is 1.92. The number of nitrogens with zero attached hydrogens (tertiary/aromatic N) is 2. The molecular weight excluding hydrogens is 269 g/mol. The number of benzene rings is 1. The first-order valence-corrected chi connectivity index (χ1v) is 6.47. The molecule has 1 aromatic carbocycles. The van der Waals surface area contributed by atoms with Gasteiger partial charge in [0, 0.05) is 28.4 Å². The Balaban J connectivity index is 2.23. The van der Waals surface area contributed by atoms with Crippen LogP contribution in [0.4, 0.5) is 0 Å². The third-order valence-electron chi connectivity index (χ3n) is 2.76. The average molecular weight is 284 g/mol. The molecular formula is C13H15Cl2N3. The Morgan fingerprint density at radius 3 is 2.78 bits per heavy atom. The van der Waals surface area contributed by atoms with Crippen LogP contribution in [-0.2, 0) is 13.1 Å². The number of rotatable bonds is 4. The van der Waals surface area contributed by atoms with E-state index in [-0.39, 0.29) is 0 Å². The quantitative estimate of drug-likeness (QED) is 0.933. The summed E-state index contributed by atoms with van der Waals surface area (Å²) in [6, 6.07) is 5.47. The monoisotopic (exact) mass is 283 g/mol. The van der Waals surface area contributed by atoms with E-state index in [1.807, 2.05) is 37.0 Å². The molecule has 3 nitrogen and oxygen atoms in total. The summed E-state index contributed by atoms with van der Waals surface area (Å²) in [5, 5.41) is 8.99. The smallest absolute Gasteiger partial charge is 0.0674 e. The van der Waals surface area contributed by atoms with Crippen LogP contribution in [0.15, 0.2) is 24.4 Å².